The maximum Gasteiger partial charge on any atom is 0.344 e. The first kappa shape index (κ1) is 13.0. The predicted octanol–water partition coefficient (Wildman–Crippen LogP) is 3.10. The molecule has 0 fully saturated rings. The van der Waals surface area contributed by atoms with Crippen molar-refractivity contribution in [1.29, 1.82) is 0 Å². The lowest BCUT2D eigenvalue weighted by Gasteiger charge is -2.03. The van der Waals surface area contributed by atoms with Gasteiger partial charge in [0.15, 0.2) is 0 Å². The highest BCUT2D eigenvalue weighted by Crippen LogP contribution is 2.32. The number of rotatable bonds is 2. The summed E-state index contributed by atoms with van der Waals surface area (Å²) in [5, 5.41) is 10.6. The first-order chi connectivity index (χ1) is 8.63. The molecule has 18 heavy (non-hydrogen) atoms. The molecule has 0 bridgehead atoms. The van der Waals surface area contributed by atoms with Gasteiger partial charge in [0.2, 0.25) is 0 Å². The highest BCUT2D eigenvalue weighted by atomic mass is 35.5. The van der Waals surface area contributed by atoms with Gasteiger partial charge in [0.05, 0.1) is 23.6 Å². The monoisotopic (exact) mass is 283 g/mol. The topological polar surface area (TPSA) is 58.9 Å². The zero-order valence-electron chi connectivity index (χ0n) is 9.51. The molecule has 0 saturated heterocycles. The van der Waals surface area contributed by atoms with Crippen molar-refractivity contribution in [3.05, 3.63) is 40.6 Å². The van der Waals surface area contributed by atoms with Crippen molar-refractivity contribution in [3.63, 3.8) is 0 Å². The molecule has 0 unspecified atom stereocenters. The Morgan fingerprint density at radius 2 is 2.22 bits per heavy atom. The van der Waals surface area contributed by atoms with Gasteiger partial charge in [-0.1, -0.05) is 35.5 Å². The molecule has 2 rings (SSSR count). The number of para-hydroxylation sites is 1. The Balaban J connectivity index is 2.40. The van der Waals surface area contributed by atoms with Crippen molar-refractivity contribution in [2.45, 2.75) is 0 Å². The molecule has 0 aliphatic carbocycles. The summed E-state index contributed by atoms with van der Waals surface area (Å²) >= 11 is 7.26. The third kappa shape index (κ3) is 2.52. The molecule has 94 valence electrons. The molecular weight excluding hydrogens is 274 g/mol. The van der Waals surface area contributed by atoms with Crippen LogP contribution in [0.25, 0.3) is 0 Å². The van der Waals surface area contributed by atoms with Crippen LogP contribution in [0.1, 0.15) is 0 Å². The van der Waals surface area contributed by atoms with Crippen molar-refractivity contribution in [2.24, 2.45) is 4.99 Å². The van der Waals surface area contributed by atoms with Gasteiger partial charge >= 0.3 is 5.97 Å². The van der Waals surface area contributed by atoms with Gasteiger partial charge in [-0.3, -0.25) is 0 Å². The van der Waals surface area contributed by atoms with Crippen LogP contribution in [0.5, 0.6) is 0 Å². The van der Waals surface area contributed by atoms with E-state index in [1.54, 1.807) is 24.3 Å². The second kappa shape index (κ2) is 5.46. The van der Waals surface area contributed by atoms with Gasteiger partial charge in [-0.05, 0) is 12.1 Å². The zero-order valence-corrected chi connectivity index (χ0v) is 11.1. The summed E-state index contributed by atoms with van der Waals surface area (Å²) in [7, 11) is 1.26. The number of methoxy groups -OCH3 is 1. The van der Waals surface area contributed by atoms with Crippen LogP contribution >= 0.6 is 23.4 Å². The maximum absolute atomic E-state index is 11.5. The van der Waals surface area contributed by atoms with Crippen molar-refractivity contribution >= 4 is 40.1 Å². The van der Waals surface area contributed by atoms with E-state index < -0.39 is 5.97 Å². The average molecular weight is 284 g/mol. The minimum Gasteiger partial charge on any atom is -0.510 e. The van der Waals surface area contributed by atoms with E-state index >= 15 is 0 Å². The highest BCUT2D eigenvalue weighted by Gasteiger charge is 2.28. The summed E-state index contributed by atoms with van der Waals surface area (Å²) < 4.78 is 4.62. The van der Waals surface area contributed by atoms with E-state index in [0.29, 0.717) is 21.5 Å². The van der Waals surface area contributed by atoms with Gasteiger partial charge < -0.3 is 9.84 Å². The fourth-order valence-electron chi connectivity index (χ4n) is 1.45. The van der Waals surface area contributed by atoms with Crippen LogP contribution in [-0.2, 0) is 9.53 Å². The van der Waals surface area contributed by atoms with Gasteiger partial charge in [-0.2, -0.15) is 0 Å². The largest absolute Gasteiger partial charge is 0.510 e. The summed E-state index contributed by atoms with van der Waals surface area (Å²) in [6.45, 7) is 0. The molecule has 1 aromatic rings. The van der Waals surface area contributed by atoms with E-state index in [2.05, 4.69) is 9.73 Å². The highest BCUT2D eigenvalue weighted by molar-refractivity contribution is 8.15. The molecule has 1 aromatic carbocycles. The van der Waals surface area contributed by atoms with E-state index in [9.17, 15) is 9.90 Å². The number of aliphatic imine (C=N–C) groups is 1. The number of aliphatic hydroxyl groups is 1. The minimum absolute atomic E-state index is 0.0161. The standard InChI is InChI=1S/C12H10ClNO3S/c1-17-12(16)10-9(15)6-18-11(10)14-8-5-3-2-4-7(8)13/h2-5,15H,6H2,1H3. The molecule has 0 saturated carbocycles. The van der Waals surface area contributed by atoms with Crippen LogP contribution in [0.3, 0.4) is 0 Å². The summed E-state index contributed by atoms with van der Waals surface area (Å²) in [5.74, 6) is -0.297. The smallest absolute Gasteiger partial charge is 0.344 e. The number of ether oxygens (including phenoxy) is 1. The molecule has 0 amide bonds. The number of carbonyl (C=O) groups is 1. The zero-order chi connectivity index (χ0) is 13.1. The van der Waals surface area contributed by atoms with Gasteiger partial charge in [0.1, 0.15) is 16.4 Å². The van der Waals surface area contributed by atoms with Gasteiger partial charge in [-0.15, -0.1) is 0 Å². The second-order valence-corrected chi connectivity index (χ2v) is 4.84. The molecule has 1 N–H and O–H groups in total. The number of hydrogen-bond donors (Lipinski definition) is 1. The Bertz CT molecular complexity index is 554. The number of benzene rings is 1. The molecule has 0 spiro atoms. The molecule has 1 aliphatic rings. The van der Waals surface area contributed by atoms with Gasteiger partial charge in [0, 0.05) is 0 Å². The van der Waals surface area contributed by atoms with E-state index in [1.807, 2.05) is 0 Å². The third-order valence-electron chi connectivity index (χ3n) is 2.31. The molecule has 6 heteroatoms. The molecule has 1 heterocycles. The molecule has 0 atom stereocenters. The van der Waals surface area contributed by atoms with Crippen LogP contribution in [0.4, 0.5) is 5.69 Å². The number of nitrogens with zero attached hydrogens (tertiary/aromatic N) is 1. The van der Waals surface area contributed by atoms with E-state index in [4.69, 9.17) is 11.6 Å². The van der Waals surface area contributed by atoms with E-state index in [-0.39, 0.29) is 11.3 Å². The number of thioether (sulfide) groups is 1. The lowest BCUT2D eigenvalue weighted by molar-refractivity contribution is -0.135. The normalized spacial score (nSPS) is 17.3. The molecule has 0 radical (unpaired) electrons. The van der Waals surface area contributed by atoms with Crippen molar-refractivity contribution < 1.29 is 14.6 Å². The van der Waals surface area contributed by atoms with Crippen LogP contribution in [0, 0.1) is 0 Å². The summed E-state index contributed by atoms with van der Waals surface area (Å²) in [4.78, 5) is 15.8. The Labute approximate surface area is 113 Å². The van der Waals surface area contributed by atoms with Crippen molar-refractivity contribution in [2.75, 3.05) is 12.9 Å². The summed E-state index contributed by atoms with van der Waals surface area (Å²) in [6, 6.07) is 7.04. The molecule has 4 nitrogen and oxygen atoms in total. The number of esters is 1. The quantitative estimate of drug-likeness (QED) is 0.847. The van der Waals surface area contributed by atoms with Crippen LogP contribution < -0.4 is 0 Å². The first-order valence-electron chi connectivity index (χ1n) is 5.10. The summed E-state index contributed by atoms with van der Waals surface area (Å²) in [5.41, 5.74) is 0.667. The lowest BCUT2D eigenvalue weighted by Crippen LogP contribution is -2.10. The fraction of sp³-hybridized carbons (Fsp3) is 0.167. The van der Waals surface area contributed by atoms with E-state index in [1.165, 1.54) is 18.9 Å². The molecule has 0 aromatic heterocycles. The SMILES string of the molecule is COC(=O)C1=C(O)CSC1=Nc1ccccc1Cl. The Kier molecular flexibility index (Phi) is 3.93. The predicted molar refractivity (Wildman–Crippen MR) is 72.7 cm³/mol. The fourth-order valence-corrected chi connectivity index (χ4v) is 2.56. The Hall–Kier alpha value is -1.46. The average Bonchev–Trinajstić information content (AvgIpc) is 2.72. The number of hydrogen-bond acceptors (Lipinski definition) is 5. The second-order valence-electron chi connectivity index (χ2n) is 3.47. The van der Waals surface area contributed by atoms with Gasteiger partial charge in [0.25, 0.3) is 0 Å². The van der Waals surface area contributed by atoms with E-state index in [0.717, 1.165) is 0 Å². The first-order valence-corrected chi connectivity index (χ1v) is 6.46. The van der Waals surface area contributed by atoms with Crippen molar-refractivity contribution in [3.8, 4) is 0 Å². The van der Waals surface area contributed by atoms with Gasteiger partial charge in [-0.25, -0.2) is 9.79 Å². The van der Waals surface area contributed by atoms with Crippen molar-refractivity contribution in [1.82, 2.24) is 0 Å². The third-order valence-corrected chi connectivity index (χ3v) is 3.62. The Morgan fingerprint density at radius 1 is 1.50 bits per heavy atom. The maximum atomic E-state index is 11.5. The van der Waals surface area contributed by atoms with Crippen LogP contribution in [0.2, 0.25) is 5.02 Å². The molecular formula is C12H10ClNO3S. The lowest BCUT2D eigenvalue weighted by atomic mass is 10.2. The van der Waals surface area contributed by atoms with Crippen LogP contribution in [-0.4, -0.2) is 29.0 Å². The number of halogens is 1. The van der Waals surface area contributed by atoms with Crippen LogP contribution in [0.15, 0.2) is 40.6 Å². The number of aliphatic hydroxyl groups excluding tert-OH is 1. The minimum atomic E-state index is -0.594. The molecule has 1 aliphatic heterocycles. The number of carbonyl (C=O) groups excluding carboxylic acids is 1. The Morgan fingerprint density at radius 3 is 2.89 bits per heavy atom. The summed E-state index contributed by atoms with van der Waals surface area (Å²) in [6.07, 6.45) is 0.